The molecular formula is C11H20ClNO2. The Kier molecular flexibility index (Phi) is 7.44. The highest BCUT2D eigenvalue weighted by atomic mass is 35.5. The summed E-state index contributed by atoms with van der Waals surface area (Å²) >= 11 is 5.50. The third kappa shape index (κ3) is 5.19. The lowest BCUT2D eigenvalue weighted by Gasteiger charge is -2.25. The molecule has 0 rings (SSSR count). The van der Waals surface area contributed by atoms with E-state index in [0.717, 1.165) is 13.1 Å². The van der Waals surface area contributed by atoms with Crippen LogP contribution >= 0.6 is 11.6 Å². The Morgan fingerprint density at radius 2 is 2.00 bits per heavy atom. The molecule has 0 aromatic carbocycles. The molecule has 0 aliphatic heterocycles. The second-order valence-electron chi connectivity index (χ2n) is 3.27. The van der Waals surface area contributed by atoms with Gasteiger partial charge in [0, 0.05) is 11.5 Å². The number of alkyl halides is 1. The molecule has 0 N–H and O–H groups in total. The summed E-state index contributed by atoms with van der Waals surface area (Å²) in [6.07, 6.45) is 1.46. The molecule has 0 saturated carbocycles. The lowest BCUT2D eigenvalue weighted by Crippen LogP contribution is -2.36. The first-order valence-corrected chi connectivity index (χ1v) is 5.77. The SMILES string of the molecule is CCN(CC)C(C)OC(=O)/C(C)=C/CCl. The number of allylic oxidation sites excluding steroid dienone is 1. The molecule has 1 atom stereocenters. The van der Waals surface area contributed by atoms with Crippen LogP contribution in [0.5, 0.6) is 0 Å². The van der Waals surface area contributed by atoms with Gasteiger partial charge in [-0.2, -0.15) is 0 Å². The van der Waals surface area contributed by atoms with Crippen LogP contribution in [-0.4, -0.2) is 36.1 Å². The number of hydrogen-bond donors (Lipinski definition) is 0. The van der Waals surface area contributed by atoms with Crippen LogP contribution in [0.3, 0.4) is 0 Å². The van der Waals surface area contributed by atoms with Crippen molar-refractivity contribution in [2.75, 3.05) is 19.0 Å². The fourth-order valence-corrected chi connectivity index (χ4v) is 1.49. The number of halogens is 1. The molecule has 0 aromatic heterocycles. The minimum absolute atomic E-state index is 0.189. The Bertz CT molecular complexity index is 225. The van der Waals surface area contributed by atoms with Gasteiger partial charge in [0.05, 0.1) is 0 Å². The third-order valence-corrected chi connectivity index (χ3v) is 2.46. The zero-order chi connectivity index (χ0) is 11.8. The number of ether oxygens (including phenoxy) is 1. The zero-order valence-electron chi connectivity index (χ0n) is 9.92. The van der Waals surface area contributed by atoms with Gasteiger partial charge in [-0.25, -0.2) is 4.79 Å². The lowest BCUT2D eigenvalue weighted by molar-refractivity contribution is -0.152. The summed E-state index contributed by atoms with van der Waals surface area (Å²) < 4.78 is 5.27. The van der Waals surface area contributed by atoms with Crippen molar-refractivity contribution < 1.29 is 9.53 Å². The summed E-state index contributed by atoms with van der Waals surface area (Å²) in [7, 11) is 0. The molecule has 0 aromatic rings. The fourth-order valence-electron chi connectivity index (χ4n) is 1.26. The van der Waals surface area contributed by atoms with E-state index in [1.807, 2.05) is 20.8 Å². The maximum atomic E-state index is 11.5. The molecule has 88 valence electrons. The van der Waals surface area contributed by atoms with Crippen LogP contribution in [-0.2, 0) is 9.53 Å². The highest BCUT2D eigenvalue weighted by Crippen LogP contribution is 2.05. The first kappa shape index (κ1) is 14.5. The Labute approximate surface area is 97.0 Å². The van der Waals surface area contributed by atoms with E-state index in [-0.39, 0.29) is 12.2 Å². The van der Waals surface area contributed by atoms with E-state index in [2.05, 4.69) is 4.90 Å². The average Bonchev–Trinajstić information content (AvgIpc) is 2.19. The van der Waals surface area contributed by atoms with Gasteiger partial charge < -0.3 is 4.74 Å². The summed E-state index contributed by atoms with van der Waals surface area (Å²) in [5.74, 6) is 0.0377. The second kappa shape index (κ2) is 7.71. The zero-order valence-corrected chi connectivity index (χ0v) is 10.7. The molecule has 0 amide bonds. The van der Waals surface area contributed by atoms with E-state index in [1.54, 1.807) is 13.0 Å². The summed E-state index contributed by atoms with van der Waals surface area (Å²) in [5.41, 5.74) is 0.559. The van der Waals surface area contributed by atoms with Gasteiger partial charge in [-0.05, 0) is 26.9 Å². The Hall–Kier alpha value is -0.540. The number of carbonyl (C=O) groups is 1. The summed E-state index contributed by atoms with van der Waals surface area (Å²) in [4.78, 5) is 13.6. The molecule has 0 aliphatic rings. The predicted molar refractivity (Wildman–Crippen MR) is 63.0 cm³/mol. The molecule has 15 heavy (non-hydrogen) atoms. The van der Waals surface area contributed by atoms with Gasteiger partial charge in [0.1, 0.15) is 0 Å². The van der Waals surface area contributed by atoms with Crippen molar-refractivity contribution in [1.29, 1.82) is 0 Å². The van der Waals surface area contributed by atoms with Crippen LogP contribution < -0.4 is 0 Å². The van der Waals surface area contributed by atoms with Crippen molar-refractivity contribution in [2.24, 2.45) is 0 Å². The molecule has 4 heteroatoms. The largest absolute Gasteiger partial charge is 0.443 e. The fraction of sp³-hybridized carbons (Fsp3) is 0.727. The molecule has 0 aliphatic carbocycles. The molecule has 0 radical (unpaired) electrons. The lowest BCUT2D eigenvalue weighted by atomic mass is 10.3. The maximum absolute atomic E-state index is 11.5. The summed E-state index contributed by atoms with van der Waals surface area (Å²) in [6, 6.07) is 0. The Morgan fingerprint density at radius 1 is 1.47 bits per heavy atom. The normalized spacial score (nSPS) is 14.1. The quantitative estimate of drug-likeness (QED) is 0.305. The smallest absolute Gasteiger partial charge is 0.334 e. The van der Waals surface area contributed by atoms with Crippen LogP contribution in [0.1, 0.15) is 27.7 Å². The van der Waals surface area contributed by atoms with Gasteiger partial charge in [0.15, 0.2) is 6.23 Å². The first-order chi connectivity index (χ1) is 7.06. The van der Waals surface area contributed by atoms with E-state index < -0.39 is 0 Å². The summed E-state index contributed by atoms with van der Waals surface area (Å²) in [5, 5.41) is 0. The van der Waals surface area contributed by atoms with Crippen molar-refractivity contribution >= 4 is 17.6 Å². The van der Waals surface area contributed by atoms with Crippen molar-refractivity contribution in [3.63, 3.8) is 0 Å². The minimum atomic E-state index is -0.296. The minimum Gasteiger partial charge on any atom is -0.443 e. The summed E-state index contributed by atoms with van der Waals surface area (Å²) in [6.45, 7) is 9.38. The standard InChI is InChI=1S/C11H20ClNO2/c1-5-13(6-2)10(4)15-11(14)9(3)7-8-12/h7,10H,5-6,8H2,1-4H3/b9-7+. The number of rotatable bonds is 6. The van der Waals surface area contributed by atoms with Crippen molar-refractivity contribution in [3.8, 4) is 0 Å². The Morgan fingerprint density at radius 3 is 2.40 bits per heavy atom. The van der Waals surface area contributed by atoms with Gasteiger partial charge in [0.25, 0.3) is 0 Å². The van der Waals surface area contributed by atoms with Gasteiger partial charge in [-0.1, -0.05) is 19.9 Å². The molecule has 1 unspecified atom stereocenters. The topological polar surface area (TPSA) is 29.5 Å². The van der Waals surface area contributed by atoms with E-state index in [9.17, 15) is 4.79 Å². The molecule has 0 spiro atoms. The number of esters is 1. The van der Waals surface area contributed by atoms with Crippen molar-refractivity contribution in [1.82, 2.24) is 4.90 Å². The maximum Gasteiger partial charge on any atom is 0.334 e. The first-order valence-electron chi connectivity index (χ1n) is 5.24. The van der Waals surface area contributed by atoms with Crippen LogP contribution in [0.4, 0.5) is 0 Å². The van der Waals surface area contributed by atoms with Crippen LogP contribution in [0.15, 0.2) is 11.6 Å². The number of carbonyl (C=O) groups excluding carboxylic acids is 1. The third-order valence-electron chi connectivity index (χ3n) is 2.31. The van der Waals surface area contributed by atoms with Crippen molar-refractivity contribution in [2.45, 2.75) is 33.9 Å². The van der Waals surface area contributed by atoms with Crippen LogP contribution in [0.25, 0.3) is 0 Å². The number of nitrogens with zero attached hydrogens (tertiary/aromatic N) is 1. The van der Waals surface area contributed by atoms with Gasteiger partial charge >= 0.3 is 5.97 Å². The van der Waals surface area contributed by atoms with Gasteiger partial charge in [-0.3, -0.25) is 4.90 Å². The molecule has 0 heterocycles. The van der Waals surface area contributed by atoms with Gasteiger partial charge in [0.2, 0.25) is 0 Å². The molecule has 0 bridgehead atoms. The monoisotopic (exact) mass is 233 g/mol. The van der Waals surface area contributed by atoms with Gasteiger partial charge in [-0.15, -0.1) is 11.6 Å². The van der Waals surface area contributed by atoms with Crippen LogP contribution in [0, 0.1) is 0 Å². The van der Waals surface area contributed by atoms with E-state index in [0.29, 0.717) is 11.5 Å². The van der Waals surface area contributed by atoms with Crippen molar-refractivity contribution in [3.05, 3.63) is 11.6 Å². The Balaban J connectivity index is 4.22. The average molecular weight is 234 g/mol. The second-order valence-corrected chi connectivity index (χ2v) is 3.58. The van der Waals surface area contributed by atoms with E-state index in [4.69, 9.17) is 16.3 Å². The van der Waals surface area contributed by atoms with Crippen LogP contribution in [0.2, 0.25) is 0 Å². The highest BCUT2D eigenvalue weighted by molar-refractivity contribution is 6.19. The highest BCUT2D eigenvalue weighted by Gasteiger charge is 2.15. The molecule has 3 nitrogen and oxygen atoms in total. The molecular weight excluding hydrogens is 214 g/mol. The van der Waals surface area contributed by atoms with E-state index in [1.165, 1.54) is 0 Å². The molecule has 0 saturated heterocycles. The number of hydrogen-bond acceptors (Lipinski definition) is 3. The molecule has 0 fully saturated rings. The van der Waals surface area contributed by atoms with E-state index >= 15 is 0 Å². The predicted octanol–water partition coefficient (Wildman–Crippen LogP) is 2.40.